The lowest BCUT2D eigenvalue weighted by Gasteiger charge is -2.26. The van der Waals surface area contributed by atoms with E-state index < -0.39 is 54.0 Å². The number of aliphatic hydroxyl groups is 1. The highest BCUT2D eigenvalue weighted by Gasteiger charge is 2.32. The number of nitrogens with one attached hydrogen (secondary N) is 3. The van der Waals surface area contributed by atoms with Crippen molar-refractivity contribution in [2.45, 2.75) is 57.0 Å². The van der Waals surface area contributed by atoms with E-state index in [2.05, 4.69) is 16.0 Å². The lowest BCUT2D eigenvalue weighted by Crippen LogP contribution is -2.60. The molecule has 5 atom stereocenters. The smallest absolute Gasteiger partial charge is 0.326 e. The largest absolute Gasteiger partial charge is 0.508 e. The van der Waals surface area contributed by atoms with Crippen molar-refractivity contribution >= 4 is 23.7 Å². The molecule has 0 fully saturated rings. The third kappa shape index (κ3) is 8.67. The second-order valence-corrected chi connectivity index (χ2v) is 8.54. The van der Waals surface area contributed by atoms with Crippen LogP contribution in [0.25, 0.3) is 0 Å². The summed E-state index contributed by atoms with van der Waals surface area (Å²) < 4.78 is 0. The van der Waals surface area contributed by atoms with Crippen LogP contribution in [0.1, 0.15) is 25.0 Å². The SMILES string of the molecule is CC(N)C(=O)NC(C(=O)NC(Cc1ccccc1)C(=O)NC(Cc1ccc(O)cc1)C(=O)O)C(C)O. The fraction of sp³-hybridized carbons (Fsp3) is 0.360. The maximum atomic E-state index is 13.2. The van der Waals surface area contributed by atoms with Gasteiger partial charge >= 0.3 is 5.97 Å². The number of benzene rings is 2. The van der Waals surface area contributed by atoms with E-state index in [-0.39, 0.29) is 18.6 Å². The average Bonchev–Trinajstić information content (AvgIpc) is 2.82. The van der Waals surface area contributed by atoms with Crippen LogP contribution in [0.4, 0.5) is 0 Å². The van der Waals surface area contributed by atoms with Crippen LogP contribution in [0.2, 0.25) is 0 Å². The Labute approximate surface area is 208 Å². The number of rotatable bonds is 12. The normalized spacial score (nSPS) is 15.0. The van der Waals surface area contributed by atoms with Crippen LogP contribution in [-0.4, -0.2) is 69.3 Å². The van der Waals surface area contributed by atoms with Gasteiger partial charge in [-0.05, 0) is 37.1 Å². The number of phenols is 1. The quantitative estimate of drug-likeness (QED) is 0.202. The summed E-state index contributed by atoms with van der Waals surface area (Å²) in [5, 5.41) is 36.4. The van der Waals surface area contributed by atoms with Crippen LogP contribution in [0.15, 0.2) is 54.6 Å². The first-order valence-corrected chi connectivity index (χ1v) is 11.4. The molecular formula is C25H32N4O7. The Kier molecular flexibility index (Phi) is 10.4. The van der Waals surface area contributed by atoms with Gasteiger partial charge in [0.1, 0.15) is 23.9 Å². The number of carbonyl (C=O) groups is 4. The molecule has 0 heterocycles. The van der Waals surface area contributed by atoms with E-state index >= 15 is 0 Å². The molecule has 2 aromatic rings. The average molecular weight is 501 g/mol. The third-order valence-electron chi connectivity index (χ3n) is 5.38. The summed E-state index contributed by atoms with van der Waals surface area (Å²) in [7, 11) is 0. The summed E-state index contributed by atoms with van der Waals surface area (Å²) in [5.41, 5.74) is 6.79. The zero-order valence-electron chi connectivity index (χ0n) is 20.0. The van der Waals surface area contributed by atoms with Gasteiger partial charge in [-0.2, -0.15) is 0 Å². The molecule has 0 saturated heterocycles. The topological polar surface area (TPSA) is 191 Å². The molecule has 0 spiro atoms. The van der Waals surface area contributed by atoms with Gasteiger partial charge in [0.05, 0.1) is 12.1 Å². The fourth-order valence-corrected chi connectivity index (χ4v) is 3.35. The lowest BCUT2D eigenvalue weighted by atomic mass is 10.0. The van der Waals surface area contributed by atoms with Crippen molar-refractivity contribution in [2.75, 3.05) is 0 Å². The number of hydrogen-bond acceptors (Lipinski definition) is 7. The highest BCUT2D eigenvalue weighted by molar-refractivity contribution is 5.94. The molecule has 2 rings (SSSR count). The summed E-state index contributed by atoms with van der Waals surface area (Å²) in [6, 6.07) is 9.78. The van der Waals surface area contributed by atoms with Crippen LogP contribution in [-0.2, 0) is 32.0 Å². The highest BCUT2D eigenvalue weighted by Crippen LogP contribution is 2.12. The molecule has 194 valence electrons. The Balaban J connectivity index is 2.23. The van der Waals surface area contributed by atoms with E-state index in [1.54, 1.807) is 30.3 Å². The molecule has 0 radical (unpaired) electrons. The van der Waals surface area contributed by atoms with E-state index in [1.165, 1.54) is 38.1 Å². The first-order chi connectivity index (χ1) is 17.0. The first-order valence-electron chi connectivity index (χ1n) is 11.4. The van der Waals surface area contributed by atoms with E-state index in [1.807, 2.05) is 0 Å². The number of phenolic OH excluding ortho intramolecular Hbond substituents is 1. The standard InChI is InChI=1S/C25H32N4O7/c1-14(26)22(32)29-21(15(2)30)24(34)27-19(12-16-6-4-3-5-7-16)23(33)28-20(25(35)36)13-17-8-10-18(31)11-9-17/h3-11,14-15,19-21,30-31H,12-13,26H2,1-2H3,(H,27,34)(H,28,33)(H,29,32)(H,35,36). The minimum Gasteiger partial charge on any atom is -0.508 e. The van der Waals surface area contributed by atoms with Gasteiger partial charge in [0.15, 0.2) is 0 Å². The Morgan fingerprint density at radius 3 is 1.83 bits per heavy atom. The Morgan fingerprint density at radius 2 is 1.31 bits per heavy atom. The molecule has 8 N–H and O–H groups in total. The van der Waals surface area contributed by atoms with Crippen molar-refractivity contribution in [2.24, 2.45) is 5.73 Å². The minimum absolute atomic E-state index is 0.0177. The van der Waals surface area contributed by atoms with Crippen LogP contribution in [0.3, 0.4) is 0 Å². The second-order valence-electron chi connectivity index (χ2n) is 8.54. The van der Waals surface area contributed by atoms with Crippen LogP contribution >= 0.6 is 0 Å². The molecular weight excluding hydrogens is 468 g/mol. The minimum atomic E-state index is -1.39. The van der Waals surface area contributed by atoms with Crippen LogP contribution in [0, 0.1) is 0 Å². The van der Waals surface area contributed by atoms with Gasteiger partial charge in [0, 0.05) is 12.8 Å². The molecule has 11 heteroatoms. The van der Waals surface area contributed by atoms with Gasteiger partial charge in [-0.3, -0.25) is 14.4 Å². The van der Waals surface area contributed by atoms with Gasteiger partial charge in [-0.1, -0.05) is 42.5 Å². The van der Waals surface area contributed by atoms with E-state index in [0.29, 0.717) is 11.1 Å². The molecule has 2 aromatic carbocycles. The Bertz CT molecular complexity index is 1040. The van der Waals surface area contributed by atoms with Crippen molar-refractivity contribution in [3.8, 4) is 5.75 Å². The molecule has 0 bridgehead atoms. The first kappa shape index (κ1) is 28.3. The Morgan fingerprint density at radius 1 is 0.778 bits per heavy atom. The molecule has 3 amide bonds. The summed E-state index contributed by atoms with van der Waals surface area (Å²) in [6.07, 6.45) is -1.33. The second kappa shape index (κ2) is 13.2. The van der Waals surface area contributed by atoms with Crippen molar-refractivity contribution in [3.63, 3.8) is 0 Å². The van der Waals surface area contributed by atoms with Crippen LogP contribution < -0.4 is 21.7 Å². The maximum Gasteiger partial charge on any atom is 0.326 e. The maximum absolute atomic E-state index is 13.2. The lowest BCUT2D eigenvalue weighted by molar-refractivity contribution is -0.142. The molecule has 0 aliphatic carbocycles. The summed E-state index contributed by atoms with van der Waals surface area (Å²) in [6.45, 7) is 2.72. The summed E-state index contributed by atoms with van der Waals surface area (Å²) in [5.74, 6) is -3.53. The predicted molar refractivity (Wildman–Crippen MR) is 131 cm³/mol. The summed E-state index contributed by atoms with van der Waals surface area (Å²) >= 11 is 0. The van der Waals surface area contributed by atoms with Crippen molar-refractivity contribution in [1.82, 2.24) is 16.0 Å². The van der Waals surface area contributed by atoms with Gasteiger partial charge in [-0.25, -0.2) is 4.79 Å². The number of aromatic hydroxyl groups is 1. The zero-order valence-corrected chi connectivity index (χ0v) is 20.0. The predicted octanol–water partition coefficient (Wildman–Crippen LogP) is -0.556. The van der Waals surface area contributed by atoms with Crippen molar-refractivity contribution in [1.29, 1.82) is 0 Å². The molecule has 36 heavy (non-hydrogen) atoms. The van der Waals surface area contributed by atoms with E-state index in [9.17, 15) is 34.5 Å². The number of hydrogen-bond donors (Lipinski definition) is 7. The molecule has 0 aliphatic heterocycles. The zero-order chi connectivity index (χ0) is 26.8. The number of aliphatic hydroxyl groups excluding tert-OH is 1. The monoisotopic (exact) mass is 500 g/mol. The van der Waals surface area contributed by atoms with Crippen molar-refractivity contribution < 1.29 is 34.5 Å². The summed E-state index contributed by atoms with van der Waals surface area (Å²) in [4.78, 5) is 50.0. The van der Waals surface area contributed by atoms with Gasteiger partial charge in [0.2, 0.25) is 17.7 Å². The van der Waals surface area contributed by atoms with Gasteiger partial charge in [0.25, 0.3) is 0 Å². The Hall–Kier alpha value is -3.96. The van der Waals surface area contributed by atoms with E-state index in [0.717, 1.165) is 0 Å². The molecule has 0 saturated carbocycles. The molecule has 0 aromatic heterocycles. The van der Waals surface area contributed by atoms with Gasteiger partial charge in [-0.15, -0.1) is 0 Å². The van der Waals surface area contributed by atoms with Crippen LogP contribution in [0.5, 0.6) is 5.75 Å². The fourth-order valence-electron chi connectivity index (χ4n) is 3.35. The molecule has 5 unspecified atom stereocenters. The number of aliphatic carboxylic acids is 1. The number of nitrogens with two attached hydrogens (primary N) is 1. The number of carboxylic acids is 1. The highest BCUT2D eigenvalue weighted by atomic mass is 16.4. The number of carboxylic acid groups (broad SMARTS) is 1. The third-order valence-corrected chi connectivity index (χ3v) is 5.38. The van der Waals surface area contributed by atoms with Crippen molar-refractivity contribution in [3.05, 3.63) is 65.7 Å². The molecule has 11 nitrogen and oxygen atoms in total. The number of amides is 3. The molecule has 0 aliphatic rings. The van der Waals surface area contributed by atoms with E-state index in [4.69, 9.17) is 5.73 Å². The van der Waals surface area contributed by atoms with Gasteiger partial charge < -0.3 is 37.0 Å². The number of carbonyl (C=O) groups excluding carboxylic acids is 3.